The maximum atomic E-state index is 13.9. The highest BCUT2D eigenvalue weighted by Gasteiger charge is 2.37. The summed E-state index contributed by atoms with van der Waals surface area (Å²) in [7, 11) is 0. The molecule has 1 atom stereocenters. The van der Waals surface area contributed by atoms with E-state index in [-0.39, 0.29) is 16.4 Å². The zero-order valence-electron chi connectivity index (χ0n) is 9.32. The van der Waals surface area contributed by atoms with Gasteiger partial charge in [-0.2, -0.15) is 0 Å². The predicted molar refractivity (Wildman–Crippen MR) is 69.1 cm³/mol. The minimum absolute atomic E-state index is 0.0440. The Balaban J connectivity index is 2.41. The number of rotatable bonds is 2. The van der Waals surface area contributed by atoms with Crippen molar-refractivity contribution in [2.75, 3.05) is 6.54 Å². The van der Waals surface area contributed by atoms with Crippen LogP contribution >= 0.6 is 27.5 Å². The van der Waals surface area contributed by atoms with Crippen LogP contribution in [0.5, 0.6) is 0 Å². The smallest absolute Gasteiger partial charge is 0.185 e. The molecule has 5 heteroatoms. The van der Waals surface area contributed by atoms with Gasteiger partial charge in [-0.1, -0.05) is 11.6 Å². The Morgan fingerprint density at radius 1 is 1.59 bits per heavy atom. The third kappa shape index (κ3) is 2.26. The summed E-state index contributed by atoms with van der Waals surface area (Å²) in [5, 5.41) is 3.08. The summed E-state index contributed by atoms with van der Waals surface area (Å²) in [5.41, 5.74) is -0.618. The van der Waals surface area contributed by atoms with Gasteiger partial charge < -0.3 is 5.32 Å². The van der Waals surface area contributed by atoms with E-state index in [2.05, 4.69) is 21.2 Å². The Hall–Kier alpha value is -0.450. The van der Waals surface area contributed by atoms with Crippen molar-refractivity contribution in [1.82, 2.24) is 5.32 Å². The van der Waals surface area contributed by atoms with Crippen LogP contribution in [0.15, 0.2) is 16.6 Å². The van der Waals surface area contributed by atoms with Crippen LogP contribution in [0.3, 0.4) is 0 Å². The van der Waals surface area contributed by atoms with Gasteiger partial charge >= 0.3 is 0 Å². The molecule has 1 aliphatic rings. The molecule has 1 fully saturated rings. The lowest BCUT2D eigenvalue weighted by Gasteiger charge is -2.23. The maximum Gasteiger partial charge on any atom is 0.185 e. The normalized spacial score (nSPS) is 24.0. The zero-order valence-corrected chi connectivity index (χ0v) is 11.7. The van der Waals surface area contributed by atoms with Crippen molar-refractivity contribution >= 4 is 33.3 Å². The van der Waals surface area contributed by atoms with Crippen LogP contribution < -0.4 is 5.32 Å². The van der Waals surface area contributed by atoms with Crippen molar-refractivity contribution in [3.8, 4) is 0 Å². The number of carbonyl (C=O) groups is 1. The van der Waals surface area contributed by atoms with Gasteiger partial charge in [-0.3, -0.25) is 4.79 Å². The second kappa shape index (κ2) is 4.67. The van der Waals surface area contributed by atoms with Gasteiger partial charge in [-0.05, 0) is 54.4 Å². The van der Waals surface area contributed by atoms with E-state index in [1.807, 2.05) is 0 Å². The molecule has 92 valence electrons. The minimum Gasteiger partial charge on any atom is -0.305 e. The van der Waals surface area contributed by atoms with Crippen LogP contribution in [-0.4, -0.2) is 17.9 Å². The Morgan fingerprint density at radius 3 is 2.88 bits per heavy atom. The van der Waals surface area contributed by atoms with Crippen LogP contribution in [0.4, 0.5) is 4.39 Å². The molecule has 0 amide bonds. The van der Waals surface area contributed by atoms with Crippen LogP contribution in [0.2, 0.25) is 5.02 Å². The fraction of sp³-hybridized carbons (Fsp3) is 0.417. The first-order chi connectivity index (χ1) is 7.96. The van der Waals surface area contributed by atoms with Gasteiger partial charge in [-0.25, -0.2) is 4.39 Å². The summed E-state index contributed by atoms with van der Waals surface area (Å²) in [6.45, 7) is 2.59. The van der Waals surface area contributed by atoms with Gasteiger partial charge in [0.05, 0.1) is 16.1 Å². The van der Waals surface area contributed by atoms with Gasteiger partial charge in [0.25, 0.3) is 0 Å². The quantitative estimate of drug-likeness (QED) is 0.667. The molecule has 1 aromatic rings. The summed E-state index contributed by atoms with van der Waals surface area (Å²) in [4.78, 5) is 12.3. The van der Waals surface area contributed by atoms with Gasteiger partial charge in [-0.15, -0.1) is 0 Å². The molecule has 0 aliphatic carbocycles. The van der Waals surface area contributed by atoms with E-state index in [1.165, 1.54) is 6.07 Å². The topological polar surface area (TPSA) is 29.1 Å². The Morgan fingerprint density at radius 2 is 2.29 bits per heavy atom. The lowest BCUT2D eigenvalue weighted by Crippen LogP contribution is -2.44. The molecule has 0 aromatic heterocycles. The first kappa shape index (κ1) is 13.0. The molecule has 1 N–H and O–H groups in total. The Bertz CT molecular complexity index is 472. The van der Waals surface area contributed by atoms with Crippen LogP contribution in [0.25, 0.3) is 0 Å². The van der Waals surface area contributed by atoms with Crippen LogP contribution in [0, 0.1) is 5.82 Å². The minimum atomic E-state index is -0.669. The molecule has 0 saturated carbocycles. The molecule has 2 nitrogen and oxygen atoms in total. The van der Waals surface area contributed by atoms with Gasteiger partial charge in [0.1, 0.15) is 0 Å². The van der Waals surface area contributed by atoms with Crippen molar-refractivity contribution in [2.24, 2.45) is 0 Å². The fourth-order valence-corrected chi connectivity index (χ4v) is 2.56. The molecular weight excluding hydrogens is 308 g/mol. The van der Waals surface area contributed by atoms with Gasteiger partial charge in [0.15, 0.2) is 11.6 Å². The summed E-state index contributed by atoms with van der Waals surface area (Å²) in [6, 6.07) is 3.07. The number of halogens is 3. The molecule has 1 heterocycles. The molecule has 0 spiro atoms. The van der Waals surface area contributed by atoms with Crippen molar-refractivity contribution in [3.63, 3.8) is 0 Å². The predicted octanol–water partition coefficient (Wildman–Crippen LogP) is 3.57. The molecule has 0 radical (unpaired) electrons. The van der Waals surface area contributed by atoms with Crippen LogP contribution in [0.1, 0.15) is 30.1 Å². The van der Waals surface area contributed by atoms with Crippen molar-refractivity contribution < 1.29 is 9.18 Å². The Labute approximate surface area is 113 Å². The third-order valence-corrected chi connectivity index (χ3v) is 4.41. The number of hydrogen-bond donors (Lipinski definition) is 1. The van der Waals surface area contributed by atoms with E-state index in [1.54, 1.807) is 13.0 Å². The highest BCUT2D eigenvalue weighted by atomic mass is 79.9. The molecule has 1 aromatic carbocycles. The van der Waals surface area contributed by atoms with Gasteiger partial charge in [0, 0.05) is 4.47 Å². The molecule has 17 heavy (non-hydrogen) atoms. The third-order valence-electron chi connectivity index (χ3n) is 3.15. The highest BCUT2D eigenvalue weighted by Crippen LogP contribution is 2.31. The summed E-state index contributed by atoms with van der Waals surface area (Å²) in [6.07, 6.45) is 1.65. The fourth-order valence-electron chi connectivity index (χ4n) is 2.09. The van der Waals surface area contributed by atoms with E-state index >= 15 is 0 Å². The monoisotopic (exact) mass is 319 g/mol. The SMILES string of the molecule is CC1(C(=O)c2ccc(Br)c(Cl)c2F)CCCN1. The van der Waals surface area contributed by atoms with E-state index in [9.17, 15) is 9.18 Å². The van der Waals surface area contributed by atoms with E-state index < -0.39 is 11.4 Å². The summed E-state index contributed by atoms with van der Waals surface area (Å²) < 4.78 is 14.4. The molecule has 2 rings (SSSR count). The number of benzene rings is 1. The van der Waals surface area contributed by atoms with E-state index in [4.69, 9.17) is 11.6 Å². The number of nitrogens with one attached hydrogen (secondary N) is 1. The highest BCUT2D eigenvalue weighted by molar-refractivity contribution is 9.10. The second-order valence-corrected chi connectivity index (χ2v) is 5.65. The average molecular weight is 321 g/mol. The van der Waals surface area contributed by atoms with E-state index in [0.717, 1.165) is 19.4 Å². The maximum absolute atomic E-state index is 13.9. The van der Waals surface area contributed by atoms with E-state index in [0.29, 0.717) is 4.47 Å². The van der Waals surface area contributed by atoms with Crippen LogP contribution in [-0.2, 0) is 0 Å². The number of Topliss-reactive ketones (excluding diaryl/α,β-unsaturated/α-hetero) is 1. The molecule has 1 aliphatic heterocycles. The first-order valence-corrected chi connectivity index (χ1v) is 6.56. The Kier molecular flexibility index (Phi) is 3.57. The average Bonchev–Trinajstić information content (AvgIpc) is 2.74. The number of carbonyl (C=O) groups excluding carboxylic acids is 1. The van der Waals surface area contributed by atoms with Crippen molar-refractivity contribution in [1.29, 1.82) is 0 Å². The molecule has 0 bridgehead atoms. The van der Waals surface area contributed by atoms with Crippen molar-refractivity contribution in [2.45, 2.75) is 25.3 Å². The molecule has 1 unspecified atom stereocenters. The standard InChI is InChI=1S/C12H12BrClFNO/c1-12(5-2-6-16-12)11(17)7-3-4-8(13)9(14)10(7)15/h3-4,16H,2,5-6H2,1H3. The number of hydrogen-bond acceptors (Lipinski definition) is 2. The van der Waals surface area contributed by atoms with Gasteiger partial charge in [0.2, 0.25) is 0 Å². The molecular formula is C12H12BrClFNO. The van der Waals surface area contributed by atoms with Crippen molar-refractivity contribution in [3.05, 3.63) is 33.0 Å². The second-order valence-electron chi connectivity index (χ2n) is 4.41. The molecule has 1 saturated heterocycles. The summed E-state index contributed by atoms with van der Waals surface area (Å²) >= 11 is 8.91. The first-order valence-electron chi connectivity index (χ1n) is 5.39. The lowest BCUT2D eigenvalue weighted by atomic mass is 9.89. The summed E-state index contributed by atoms with van der Waals surface area (Å²) in [5.74, 6) is -0.886. The largest absolute Gasteiger partial charge is 0.305 e. The lowest BCUT2D eigenvalue weighted by molar-refractivity contribution is 0.0880. The number of ketones is 1. The zero-order chi connectivity index (χ0) is 12.6.